The van der Waals surface area contributed by atoms with Crippen molar-refractivity contribution in [2.24, 2.45) is 0 Å². The number of benzene rings is 1. The van der Waals surface area contributed by atoms with Crippen LogP contribution in [-0.2, 0) is 6.42 Å². The summed E-state index contributed by atoms with van der Waals surface area (Å²) in [6, 6.07) is 8.48. The first-order valence-corrected chi connectivity index (χ1v) is 9.53. The van der Waals surface area contributed by atoms with E-state index in [9.17, 15) is 10.1 Å². The van der Waals surface area contributed by atoms with E-state index in [0.717, 1.165) is 16.3 Å². The third kappa shape index (κ3) is 4.93. The first-order chi connectivity index (χ1) is 13.1. The highest BCUT2D eigenvalue weighted by atomic mass is 35.5. The van der Waals surface area contributed by atoms with E-state index in [1.807, 2.05) is 24.4 Å². The third-order valence-corrected chi connectivity index (χ3v) is 4.92. The molecule has 0 aliphatic heterocycles. The summed E-state index contributed by atoms with van der Waals surface area (Å²) in [5.74, 6) is 1.48. The summed E-state index contributed by atoms with van der Waals surface area (Å²) in [4.78, 5) is 20.2. The minimum Gasteiger partial charge on any atom is -0.493 e. The zero-order chi connectivity index (χ0) is 19.2. The third-order valence-electron chi connectivity index (χ3n) is 3.75. The maximum absolute atomic E-state index is 11.2. The van der Waals surface area contributed by atoms with Crippen LogP contribution < -0.4 is 10.1 Å². The molecular weight excluding hydrogens is 388 g/mol. The Labute approximate surface area is 165 Å². The molecule has 7 nitrogen and oxygen atoms in total. The van der Waals surface area contributed by atoms with Crippen LogP contribution in [0, 0.1) is 10.1 Å². The molecule has 0 saturated heterocycles. The normalized spacial score (nSPS) is 10.6. The van der Waals surface area contributed by atoms with Crippen LogP contribution in [0.15, 0.2) is 42.0 Å². The lowest BCUT2D eigenvalue weighted by atomic mass is 10.1. The maximum Gasteiger partial charge on any atom is 0.274 e. The van der Waals surface area contributed by atoms with Crippen molar-refractivity contribution in [3.63, 3.8) is 0 Å². The van der Waals surface area contributed by atoms with Crippen molar-refractivity contribution in [2.45, 2.75) is 13.3 Å². The molecular formula is C18H17ClN4O3S. The molecule has 0 bridgehead atoms. The second kappa shape index (κ2) is 8.79. The number of nitrogens with one attached hydrogen (secondary N) is 1. The lowest BCUT2D eigenvalue weighted by molar-refractivity contribution is -0.385. The predicted molar refractivity (Wildman–Crippen MR) is 107 cm³/mol. The van der Waals surface area contributed by atoms with Crippen molar-refractivity contribution in [3.05, 3.63) is 62.7 Å². The van der Waals surface area contributed by atoms with Crippen molar-refractivity contribution in [2.75, 3.05) is 18.5 Å². The van der Waals surface area contributed by atoms with Crippen LogP contribution in [0.2, 0.25) is 5.02 Å². The van der Waals surface area contributed by atoms with E-state index in [0.29, 0.717) is 36.0 Å². The van der Waals surface area contributed by atoms with Gasteiger partial charge in [-0.25, -0.2) is 9.97 Å². The van der Waals surface area contributed by atoms with E-state index in [4.69, 9.17) is 16.3 Å². The Hall–Kier alpha value is -2.71. The minimum atomic E-state index is -0.420. The summed E-state index contributed by atoms with van der Waals surface area (Å²) in [5, 5.41) is 16.6. The topological polar surface area (TPSA) is 90.2 Å². The molecule has 1 aromatic carbocycles. The molecule has 140 valence electrons. The lowest BCUT2D eigenvalue weighted by Crippen LogP contribution is -2.08. The van der Waals surface area contributed by atoms with Crippen LogP contribution in [0.25, 0.3) is 10.6 Å². The molecule has 9 heteroatoms. The van der Waals surface area contributed by atoms with Gasteiger partial charge in [0.2, 0.25) is 0 Å². The summed E-state index contributed by atoms with van der Waals surface area (Å²) >= 11 is 7.39. The van der Waals surface area contributed by atoms with Crippen molar-refractivity contribution in [3.8, 4) is 16.3 Å². The van der Waals surface area contributed by atoms with Crippen LogP contribution >= 0.6 is 22.9 Å². The number of anilines is 1. The fourth-order valence-corrected chi connectivity index (χ4v) is 3.49. The zero-order valence-electron chi connectivity index (χ0n) is 14.5. The van der Waals surface area contributed by atoms with Crippen LogP contribution in [0.4, 0.5) is 11.5 Å². The molecule has 2 heterocycles. The highest BCUT2D eigenvalue weighted by molar-refractivity contribution is 7.13. The van der Waals surface area contributed by atoms with Crippen LogP contribution in [0.5, 0.6) is 5.75 Å². The summed E-state index contributed by atoms with van der Waals surface area (Å²) in [6.45, 7) is 3.05. The van der Waals surface area contributed by atoms with Gasteiger partial charge >= 0.3 is 0 Å². The highest BCUT2D eigenvalue weighted by Crippen LogP contribution is 2.30. The van der Waals surface area contributed by atoms with Gasteiger partial charge in [0.15, 0.2) is 0 Å². The number of rotatable bonds is 8. The minimum absolute atomic E-state index is 0.0229. The molecule has 2 aromatic heterocycles. The molecule has 3 rings (SSSR count). The fourth-order valence-electron chi connectivity index (χ4n) is 2.53. The Bertz CT molecular complexity index is 948. The number of hydrogen-bond donors (Lipinski definition) is 1. The molecule has 3 aromatic rings. The molecule has 1 N–H and O–H groups in total. The summed E-state index contributed by atoms with van der Waals surface area (Å²) in [5.41, 5.74) is 1.43. The van der Waals surface area contributed by atoms with Crippen molar-refractivity contribution in [1.29, 1.82) is 0 Å². The fraction of sp³-hybridized carbons (Fsp3) is 0.222. The molecule has 0 atom stereocenters. The lowest BCUT2D eigenvalue weighted by Gasteiger charge is -2.07. The van der Waals surface area contributed by atoms with Gasteiger partial charge in [-0.2, -0.15) is 0 Å². The maximum atomic E-state index is 11.2. The summed E-state index contributed by atoms with van der Waals surface area (Å²) in [7, 11) is 0. The quantitative estimate of drug-likeness (QED) is 0.427. The van der Waals surface area contributed by atoms with E-state index >= 15 is 0 Å². The van der Waals surface area contributed by atoms with E-state index in [2.05, 4.69) is 15.3 Å². The Kier molecular flexibility index (Phi) is 6.20. The van der Waals surface area contributed by atoms with Gasteiger partial charge in [-0.05, 0) is 19.4 Å². The van der Waals surface area contributed by atoms with E-state index in [1.54, 1.807) is 23.5 Å². The molecule has 0 fully saturated rings. The first kappa shape index (κ1) is 19.1. The Morgan fingerprint density at radius 3 is 2.93 bits per heavy atom. The highest BCUT2D eigenvalue weighted by Gasteiger charge is 2.14. The number of halogens is 1. The Balaban J connectivity index is 1.66. The van der Waals surface area contributed by atoms with Crippen LogP contribution in [0.3, 0.4) is 0 Å². The van der Waals surface area contributed by atoms with E-state index in [-0.39, 0.29) is 5.69 Å². The SMILES string of the molecule is CCOc1csc(-c2cc(NCCc3ccc(Cl)cc3[N+](=O)[O-])ncn2)c1. The smallest absolute Gasteiger partial charge is 0.274 e. The van der Waals surface area contributed by atoms with Gasteiger partial charge in [0.05, 0.1) is 22.1 Å². The Morgan fingerprint density at radius 2 is 2.15 bits per heavy atom. The first-order valence-electron chi connectivity index (χ1n) is 8.27. The molecule has 27 heavy (non-hydrogen) atoms. The number of nitro groups is 1. The summed E-state index contributed by atoms with van der Waals surface area (Å²) in [6.07, 6.45) is 1.96. The van der Waals surface area contributed by atoms with Crippen molar-refractivity contribution < 1.29 is 9.66 Å². The van der Waals surface area contributed by atoms with Gasteiger partial charge in [-0.3, -0.25) is 10.1 Å². The Morgan fingerprint density at radius 1 is 1.30 bits per heavy atom. The van der Waals surface area contributed by atoms with Gasteiger partial charge in [0, 0.05) is 40.7 Å². The average Bonchev–Trinajstić information content (AvgIpc) is 3.12. The monoisotopic (exact) mass is 404 g/mol. The molecule has 0 unspecified atom stereocenters. The molecule has 0 amide bonds. The predicted octanol–water partition coefficient (Wildman–Crippen LogP) is 4.82. The number of nitrogens with zero attached hydrogens (tertiary/aromatic N) is 3. The van der Waals surface area contributed by atoms with Crippen molar-refractivity contribution >= 4 is 34.4 Å². The number of aromatic nitrogens is 2. The molecule has 0 radical (unpaired) electrons. The van der Waals surface area contributed by atoms with E-state index in [1.165, 1.54) is 12.4 Å². The molecule has 0 aliphatic rings. The zero-order valence-corrected chi connectivity index (χ0v) is 16.1. The second-order valence-electron chi connectivity index (χ2n) is 5.58. The van der Waals surface area contributed by atoms with E-state index < -0.39 is 4.92 Å². The molecule has 0 aliphatic carbocycles. The molecule has 0 saturated carbocycles. The largest absolute Gasteiger partial charge is 0.493 e. The average molecular weight is 405 g/mol. The van der Waals surface area contributed by atoms with Crippen LogP contribution in [0.1, 0.15) is 12.5 Å². The molecule has 0 spiro atoms. The number of hydrogen-bond acceptors (Lipinski definition) is 7. The number of nitro benzene ring substituents is 1. The van der Waals surface area contributed by atoms with Gasteiger partial charge in [0.1, 0.15) is 17.9 Å². The van der Waals surface area contributed by atoms with Crippen molar-refractivity contribution in [1.82, 2.24) is 9.97 Å². The number of ether oxygens (including phenoxy) is 1. The van der Waals surface area contributed by atoms with Gasteiger partial charge in [-0.1, -0.05) is 17.7 Å². The van der Waals surface area contributed by atoms with Gasteiger partial charge < -0.3 is 10.1 Å². The van der Waals surface area contributed by atoms with Gasteiger partial charge in [0.25, 0.3) is 5.69 Å². The second-order valence-corrected chi connectivity index (χ2v) is 6.92. The summed E-state index contributed by atoms with van der Waals surface area (Å²) < 4.78 is 5.48. The number of thiophene rings is 1. The standard InChI is InChI=1S/C18H17ClN4O3S/c1-2-26-14-8-17(27-10-14)15-9-18(22-11-21-15)20-6-5-12-3-4-13(19)7-16(12)23(24)25/h3-4,7-11H,2,5-6H2,1H3,(H,20,21,22). The van der Waals surface area contributed by atoms with Crippen LogP contribution in [-0.4, -0.2) is 28.0 Å². The van der Waals surface area contributed by atoms with Gasteiger partial charge in [-0.15, -0.1) is 11.3 Å².